The highest BCUT2D eigenvalue weighted by molar-refractivity contribution is 9.10. The summed E-state index contributed by atoms with van der Waals surface area (Å²) in [5, 5.41) is 10.9. The zero-order chi connectivity index (χ0) is 15.0. The van der Waals surface area contributed by atoms with Crippen molar-refractivity contribution in [1.29, 1.82) is 0 Å². The first kappa shape index (κ1) is 14.3. The second kappa shape index (κ2) is 5.61. The molecular formula is C15H12BrNO3S. The van der Waals surface area contributed by atoms with Crippen LogP contribution in [0.4, 0.5) is 0 Å². The Hall–Kier alpha value is -1.66. The standard InChI is InChI=1S/C15H12BrNO3S/c16-12-4-6-21-13(12)14(18)17-5-3-9-1-2-10(15(19)20)7-11(9)8-17/h1-2,4,6-7H,3,5,8H2,(H,19,20). The van der Waals surface area contributed by atoms with Gasteiger partial charge in [0, 0.05) is 17.6 Å². The van der Waals surface area contributed by atoms with Crippen molar-refractivity contribution in [3.8, 4) is 0 Å². The van der Waals surface area contributed by atoms with Crippen molar-refractivity contribution in [3.63, 3.8) is 0 Å². The van der Waals surface area contributed by atoms with Crippen LogP contribution in [0.25, 0.3) is 0 Å². The Morgan fingerprint density at radius 2 is 2.05 bits per heavy atom. The molecule has 0 aliphatic carbocycles. The first-order valence-corrected chi connectivity index (χ1v) is 8.11. The number of hydrogen-bond acceptors (Lipinski definition) is 3. The summed E-state index contributed by atoms with van der Waals surface area (Å²) < 4.78 is 0.808. The number of benzene rings is 1. The molecule has 0 fully saturated rings. The van der Waals surface area contributed by atoms with E-state index in [1.807, 2.05) is 17.5 Å². The molecule has 108 valence electrons. The van der Waals surface area contributed by atoms with Gasteiger partial charge in [0.2, 0.25) is 0 Å². The maximum atomic E-state index is 12.5. The van der Waals surface area contributed by atoms with Gasteiger partial charge < -0.3 is 10.0 Å². The lowest BCUT2D eigenvalue weighted by Gasteiger charge is -2.29. The second-order valence-electron chi connectivity index (χ2n) is 4.86. The Kier molecular flexibility index (Phi) is 3.82. The molecule has 0 saturated heterocycles. The van der Waals surface area contributed by atoms with Gasteiger partial charge in [-0.1, -0.05) is 6.07 Å². The van der Waals surface area contributed by atoms with Crippen molar-refractivity contribution in [2.24, 2.45) is 0 Å². The minimum absolute atomic E-state index is 0.0109. The normalized spacial score (nSPS) is 13.9. The fourth-order valence-electron chi connectivity index (χ4n) is 2.45. The molecule has 2 aromatic rings. The summed E-state index contributed by atoms with van der Waals surface area (Å²) in [6, 6.07) is 7.00. The molecule has 1 aliphatic heterocycles. The first-order valence-electron chi connectivity index (χ1n) is 6.43. The predicted octanol–water partition coefficient (Wildman–Crippen LogP) is 3.41. The number of rotatable bonds is 2. The number of carboxylic acids is 1. The number of fused-ring (bicyclic) bond motifs is 1. The zero-order valence-corrected chi connectivity index (χ0v) is 13.4. The van der Waals surface area contributed by atoms with Crippen molar-refractivity contribution in [2.75, 3.05) is 6.54 Å². The van der Waals surface area contributed by atoms with Crippen LogP contribution in [0.1, 0.15) is 31.2 Å². The molecule has 1 N–H and O–H groups in total. The van der Waals surface area contributed by atoms with E-state index in [0.29, 0.717) is 18.0 Å². The molecule has 21 heavy (non-hydrogen) atoms. The van der Waals surface area contributed by atoms with Crippen LogP contribution in [-0.4, -0.2) is 28.4 Å². The van der Waals surface area contributed by atoms with Crippen LogP contribution in [0.3, 0.4) is 0 Å². The number of thiophene rings is 1. The maximum Gasteiger partial charge on any atom is 0.335 e. The summed E-state index contributed by atoms with van der Waals surface area (Å²) >= 11 is 4.79. The van der Waals surface area contributed by atoms with E-state index in [9.17, 15) is 9.59 Å². The van der Waals surface area contributed by atoms with Crippen LogP contribution >= 0.6 is 27.3 Å². The molecule has 6 heteroatoms. The Morgan fingerprint density at radius 1 is 1.24 bits per heavy atom. The molecule has 1 amide bonds. The molecule has 0 atom stereocenters. The van der Waals surface area contributed by atoms with Crippen LogP contribution in [0.15, 0.2) is 34.1 Å². The molecule has 0 spiro atoms. The number of carboxylic acid groups (broad SMARTS) is 1. The van der Waals surface area contributed by atoms with Crippen molar-refractivity contribution < 1.29 is 14.7 Å². The number of hydrogen-bond donors (Lipinski definition) is 1. The molecule has 0 radical (unpaired) electrons. The molecule has 1 aromatic heterocycles. The van der Waals surface area contributed by atoms with Gasteiger partial charge in [0.1, 0.15) is 4.88 Å². The fourth-order valence-corrected chi connectivity index (χ4v) is 3.96. The molecule has 0 bridgehead atoms. The smallest absolute Gasteiger partial charge is 0.335 e. The molecule has 1 aromatic carbocycles. The van der Waals surface area contributed by atoms with Crippen LogP contribution in [0, 0.1) is 0 Å². The van der Waals surface area contributed by atoms with E-state index in [2.05, 4.69) is 15.9 Å². The number of amides is 1. The summed E-state index contributed by atoms with van der Waals surface area (Å²) in [5.41, 5.74) is 2.30. The second-order valence-corrected chi connectivity index (χ2v) is 6.63. The van der Waals surface area contributed by atoms with Gasteiger partial charge in [-0.05, 0) is 57.1 Å². The largest absolute Gasteiger partial charge is 0.478 e. The Labute approximate surface area is 134 Å². The van der Waals surface area contributed by atoms with Crippen LogP contribution in [0.5, 0.6) is 0 Å². The van der Waals surface area contributed by atoms with E-state index in [4.69, 9.17) is 5.11 Å². The summed E-state index contributed by atoms with van der Waals surface area (Å²) in [6.07, 6.45) is 0.754. The van der Waals surface area contributed by atoms with Gasteiger partial charge in [-0.25, -0.2) is 4.79 Å². The van der Waals surface area contributed by atoms with Crippen molar-refractivity contribution in [2.45, 2.75) is 13.0 Å². The molecular weight excluding hydrogens is 354 g/mol. The Balaban J connectivity index is 1.87. The summed E-state index contributed by atoms with van der Waals surface area (Å²) in [5.74, 6) is -0.953. The minimum Gasteiger partial charge on any atom is -0.478 e. The highest BCUT2D eigenvalue weighted by Gasteiger charge is 2.24. The van der Waals surface area contributed by atoms with Gasteiger partial charge in [-0.3, -0.25) is 4.79 Å². The number of carbonyl (C=O) groups excluding carboxylic acids is 1. The lowest BCUT2D eigenvalue weighted by molar-refractivity contribution is 0.0696. The van der Waals surface area contributed by atoms with Crippen LogP contribution in [0.2, 0.25) is 0 Å². The van der Waals surface area contributed by atoms with Crippen LogP contribution < -0.4 is 0 Å². The summed E-state index contributed by atoms with van der Waals surface area (Å²) in [4.78, 5) is 26.0. The van der Waals surface area contributed by atoms with E-state index >= 15 is 0 Å². The molecule has 3 rings (SSSR count). The topological polar surface area (TPSA) is 57.6 Å². The quantitative estimate of drug-likeness (QED) is 0.886. The average molecular weight is 366 g/mol. The Bertz CT molecular complexity index is 725. The number of halogens is 1. The predicted molar refractivity (Wildman–Crippen MR) is 83.9 cm³/mol. The molecule has 0 saturated carbocycles. The van der Waals surface area contributed by atoms with Gasteiger partial charge in [-0.15, -0.1) is 11.3 Å². The Morgan fingerprint density at radius 3 is 2.71 bits per heavy atom. The van der Waals surface area contributed by atoms with E-state index in [-0.39, 0.29) is 11.5 Å². The molecule has 1 aliphatic rings. The van der Waals surface area contributed by atoms with E-state index < -0.39 is 5.97 Å². The third-order valence-electron chi connectivity index (χ3n) is 3.56. The molecule has 2 heterocycles. The van der Waals surface area contributed by atoms with Crippen molar-refractivity contribution in [3.05, 3.63) is 55.7 Å². The fraction of sp³-hybridized carbons (Fsp3) is 0.200. The van der Waals surface area contributed by atoms with Crippen molar-refractivity contribution >= 4 is 39.1 Å². The third kappa shape index (κ3) is 2.73. The van der Waals surface area contributed by atoms with Gasteiger partial charge in [0.05, 0.1) is 5.56 Å². The van der Waals surface area contributed by atoms with Gasteiger partial charge >= 0.3 is 5.97 Å². The van der Waals surface area contributed by atoms with Gasteiger partial charge in [0.15, 0.2) is 0 Å². The molecule has 0 unspecified atom stereocenters. The number of nitrogens with zero attached hydrogens (tertiary/aromatic N) is 1. The lowest BCUT2D eigenvalue weighted by Crippen LogP contribution is -2.35. The highest BCUT2D eigenvalue weighted by Crippen LogP contribution is 2.27. The zero-order valence-electron chi connectivity index (χ0n) is 11.0. The van der Waals surface area contributed by atoms with E-state index in [1.165, 1.54) is 11.3 Å². The number of aromatic carboxylic acids is 1. The lowest BCUT2D eigenvalue weighted by atomic mass is 9.97. The first-order chi connectivity index (χ1) is 10.1. The third-order valence-corrected chi connectivity index (χ3v) is 5.39. The average Bonchev–Trinajstić information content (AvgIpc) is 2.91. The van der Waals surface area contributed by atoms with E-state index in [0.717, 1.165) is 22.0 Å². The summed E-state index contributed by atoms with van der Waals surface area (Å²) in [6.45, 7) is 1.11. The van der Waals surface area contributed by atoms with Crippen LogP contribution in [-0.2, 0) is 13.0 Å². The van der Waals surface area contributed by atoms with E-state index in [1.54, 1.807) is 17.0 Å². The number of carbonyl (C=O) groups is 2. The maximum absolute atomic E-state index is 12.5. The summed E-state index contributed by atoms with van der Waals surface area (Å²) in [7, 11) is 0. The highest BCUT2D eigenvalue weighted by atomic mass is 79.9. The SMILES string of the molecule is O=C(O)c1ccc2c(c1)CN(C(=O)c1sccc1Br)CC2. The van der Waals surface area contributed by atoms with Crippen molar-refractivity contribution in [1.82, 2.24) is 4.90 Å². The monoisotopic (exact) mass is 365 g/mol. The molecule has 4 nitrogen and oxygen atoms in total. The van der Waals surface area contributed by atoms with Gasteiger partial charge in [-0.2, -0.15) is 0 Å². The minimum atomic E-state index is -0.942. The van der Waals surface area contributed by atoms with Gasteiger partial charge in [0.25, 0.3) is 5.91 Å².